The van der Waals surface area contributed by atoms with Gasteiger partial charge < -0.3 is 24.3 Å². The van der Waals surface area contributed by atoms with Gasteiger partial charge in [0.05, 0.1) is 47.6 Å². The van der Waals surface area contributed by atoms with Gasteiger partial charge >= 0.3 is 19.5 Å². The third-order valence-electron chi connectivity index (χ3n) is 9.24. The molecule has 50 heavy (non-hydrogen) atoms. The van der Waals surface area contributed by atoms with Gasteiger partial charge in [0.1, 0.15) is 12.4 Å². The molecule has 1 amide bonds. The SMILES string of the molecule is CC[C@@]1(OP(=O)(O)OC[C@H]2O[C@@H](n3ccc(NC(C)=O)nc3=O)C(F)(F)[C@@H]2C)C(=O)OCc2c1cc1n(c2=O)Cc2cc3ccccc3nc2-1. The first-order valence-corrected chi connectivity index (χ1v) is 17.1. The van der Waals surface area contributed by atoms with E-state index in [1.54, 1.807) is 0 Å². The summed E-state index contributed by atoms with van der Waals surface area (Å²) in [6, 6.07) is 12.0. The van der Waals surface area contributed by atoms with Crippen molar-refractivity contribution < 1.29 is 46.3 Å². The largest absolute Gasteiger partial charge is 0.473 e. The molecule has 3 aromatic heterocycles. The molecule has 1 aromatic carbocycles. The fraction of sp³-hybridized carbons (Fsp3) is 0.375. The maximum atomic E-state index is 15.4. The van der Waals surface area contributed by atoms with Gasteiger partial charge in [0.15, 0.2) is 0 Å². The average Bonchev–Trinajstić information content (AvgIpc) is 3.53. The number of rotatable bonds is 8. The molecule has 7 rings (SSSR count). The molecule has 1 unspecified atom stereocenters. The third-order valence-corrected chi connectivity index (χ3v) is 10.3. The molecule has 6 heterocycles. The first-order valence-electron chi connectivity index (χ1n) is 15.6. The number of phosphoric ester groups is 1. The van der Waals surface area contributed by atoms with Crippen LogP contribution in [0.3, 0.4) is 0 Å². The van der Waals surface area contributed by atoms with Crippen LogP contribution in [0, 0.1) is 5.92 Å². The lowest BCUT2D eigenvalue weighted by atomic mass is 9.86. The minimum atomic E-state index is -5.28. The lowest BCUT2D eigenvalue weighted by molar-refractivity contribution is -0.171. The van der Waals surface area contributed by atoms with Crippen LogP contribution in [0.1, 0.15) is 50.1 Å². The molecule has 0 saturated carbocycles. The molecular weight excluding hydrogens is 683 g/mol. The molecule has 262 valence electrons. The van der Waals surface area contributed by atoms with Gasteiger partial charge in [0.25, 0.3) is 11.5 Å². The number of phosphoric acid groups is 1. The molecule has 3 aliphatic heterocycles. The van der Waals surface area contributed by atoms with E-state index in [9.17, 15) is 28.6 Å². The Morgan fingerprint density at radius 1 is 1.18 bits per heavy atom. The smallest absolute Gasteiger partial charge is 0.458 e. The Morgan fingerprint density at radius 3 is 2.66 bits per heavy atom. The summed E-state index contributed by atoms with van der Waals surface area (Å²) < 4.78 is 67.7. The molecule has 2 N–H and O–H groups in total. The summed E-state index contributed by atoms with van der Waals surface area (Å²) >= 11 is 0. The van der Waals surface area contributed by atoms with Crippen molar-refractivity contribution in [3.8, 4) is 11.4 Å². The molecular formula is C32H30F2N5O10P. The Morgan fingerprint density at radius 2 is 1.94 bits per heavy atom. The van der Waals surface area contributed by atoms with Crippen LogP contribution in [0.4, 0.5) is 14.6 Å². The number of pyridine rings is 2. The standard InChI is InChI=1S/C32H30F2N5O10P/c1-4-31(21-12-23-26-19(11-18-7-5-6-8-22(18)36-26)13-39(23)27(41)20(21)14-46-29(31)42)49-50(44,45)47-15-24-16(2)32(33,34)28(48-24)38-10-9-25(35-17(3)40)37-30(38)43/h5-12,16,24,28H,4,13-15H2,1-3H3,(H,44,45)(H,35,37,40,43)/t16-,24-,28-,31+/m1/s1. The van der Waals surface area contributed by atoms with Crippen molar-refractivity contribution in [1.82, 2.24) is 19.1 Å². The van der Waals surface area contributed by atoms with Crippen molar-refractivity contribution in [2.45, 2.75) is 64.2 Å². The second kappa shape index (κ2) is 12.0. The maximum Gasteiger partial charge on any atom is 0.473 e. The number of para-hydroxylation sites is 1. The second-order valence-corrected chi connectivity index (χ2v) is 13.7. The summed E-state index contributed by atoms with van der Waals surface area (Å²) in [5, 5.41) is 3.15. The van der Waals surface area contributed by atoms with E-state index in [2.05, 4.69) is 10.3 Å². The number of carbonyl (C=O) groups excluding carboxylic acids is 2. The fourth-order valence-corrected chi connectivity index (χ4v) is 7.66. The van der Waals surface area contributed by atoms with Crippen LogP contribution in [0.5, 0.6) is 0 Å². The Bertz CT molecular complexity index is 2260. The minimum Gasteiger partial charge on any atom is -0.458 e. The summed E-state index contributed by atoms with van der Waals surface area (Å²) in [7, 11) is -5.28. The predicted octanol–water partition coefficient (Wildman–Crippen LogP) is 3.61. The number of alkyl halides is 2. The van der Waals surface area contributed by atoms with E-state index in [1.807, 2.05) is 30.3 Å². The second-order valence-electron chi connectivity index (χ2n) is 12.3. The highest BCUT2D eigenvalue weighted by atomic mass is 31.2. The number of halogens is 2. The quantitative estimate of drug-likeness (QED) is 0.176. The highest BCUT2D eigenvalue weighted by Gasteiger charge is 2.59. The monoisotopic (exact) mass is 713 g/mol. The Balaban J connectivity index is 1.16. The van der Waals surface area contributed by atoms with Gasteiger partial charge in [-0.25, -0.2) is 27.9 Å². The highest BCUT2D eigenvalue weighted by molar-refractivity contribution is 7.47. The number of amides is 1. The van der Waals surface area contributed by atoms with Crippen molar-refractivity contribution in [3.63, 3.8) is 0 Å². The molecule has 15 nitrogen and oxygen atoms in total. The number of hydrogen-bond acceptors (Lipinski definition) is 11. The Labute approximate surface area is 281 Å². The number of nitrogens with one attached hydrogen (secondary N) is 1. The number of benzene rings is 1. The fourth-order valence-electron chi connectivity index (χ4n) is 6.58. The van der Waals surface area contributed by atoms with Crippen LogP contribution < -0.4 is 16.6 Å². The summed E-state index contributed by atoms with van der Waals surface area (Å²) in [5.74, 6) is -7.04. The number of aromatic nitrogens is 4. The number of hydrogen-bond donors (Lipinski definition) is 2. The van der Waals surface area contributed by atoms with Gasteiger partial charge in [-0.2, -0.15) is 4.98 Å². The van der Waals surface area contributed by atoms with Crippen molar-refractivity contribution in [2.75, 3.05) is 11.9 Å². The van der Waals surface area contributed by atoms with E-state index in [0.29, 0.717) is 21.5 Å². The van der Waals surface area contributed by atoms with E-state index < -0.39 is 73.9 Å². The van der Waals surface area contributed by atoms with Gasteiger partial charge in [-0.05, 0) is 30.7 Å². The normalized spacial score (nSPS) is 24.6. The molecule has 1 saturated heterocycles. The number of nitrogens with zero attached hydrogens (tertiary/aromatic N) is 4. The molecule has 0 bridgehead atoms. The summed E-state index contributed by atoms with van der Waals surface area (Å²) in [5.41, 5.74) is -1.58. The van der Waals surface area contributed by atoms with Crippen LogP contribution in [0.15, 0.2) is 58.3 Å². The van der Waals surface area contributed by atoms with Gasteiger partial charge in [-0.1, -0.05) is 32.0 Å². The van der Waals surface area contributed by atoms with Crippen molar-refractivity contribution in [1.29, 1.82) is 0 Å². The van der Waals surface area contributed by atoms with Gasteiger partial charge in [-0.3, -0.25) is 23.2 Å². The molecule has 0 aliphatic carbocycles. The lowest BCUT2D eigenvalue weighted by Gasteiger charge is -2.36. The third kappa shape index (κ3) is 5.45. The minimum absolute atomic E-state index is 0.000139. The van der Waals surface area contributed by atoms with Crippen LogP contribution in [-0.2, 0) is 51.4 Å². The number of ether oxygens (including phenoxy) is 2. The predicted molar refractivity (Wildman–Crippen MR) is 170 cm³/mol. The molecule has 5 atom stereocenters. The summed E-state index contributed by atoms with van der Waals surface area (Å²) in [4.78, 5) is 70.2. The number of carbonyl (C=O) groups is 2. The Hall–Kier alpha value is -4.67. The van der Waals surface area contributed by atoms with E-state index in [-0.39, 0.29) is 29.9 Å². The van der Waals surface area contributed by atoms with Crippen LogP contribution in [0.25, 0.3) is 22.3 Å². The number of esters is 1. The van der Waals surface area contributed by atoms with Crippen LogP contribution >= 0.6 is 7.82 Å². The summed E-state index contributed by atoms with van der Waals surface area (Å²) in [6.45, 7) is 2.65. The molecule has 3 aliphatic rings. The zero-order valence-electron chi connectivity index (χ0n) is 26.8. The topological polar surface area (TPSA) is 190 Å². The maximum absolute atomic E-state index is 15.4. The van der Waals surface area contributed by atoms with E-state index in [0.717, 1.165) is 30.1 Å². The molecule has 0 spiro atoms. The number of cyclic esters (lactones) is 1. The molecule has 4 aromatic rings. The van der Waals surface area contributed by atoms with Crippen molar-refractivity contribution in [2.24, 2.45) is 5.92 Å². The zero-order valence-corrected chi connectivity index (χ0v) is 27.7. The lowest BCUT2D eigenvalue weighted by Crippen LogP contribution is -2.46. The van der Waals surface area contributed by atoms with Crippen molar-refractivity contribution in [3.05, 3.63) is 86.2 Å². The Kier molecular flexibility index (Phi) is 8.10. The average molecular weight is 714 g/mol. The first-order chi connectivity index (χ1) is 23.6. The first kappa shape index (κ1) is 33.8. The van der Waals surface area contributed by atoms with E-state index in [1.165, 1.54) is 24.5 Å². The van der Waals surface area contributed by atoms with Crippen LogP contribution in [-0.4, -0.2) is 54.5 Å². The van der Waals surface area contributed by atoms with Gasteiger partial charge in [0.2, 0.25) is 17.7 Å². The molecule has 1 fully saturated rings. The van der Waals surface area contributed by atoms with Gasteiger partial charge in [-0.15, -0.1) is 0 Å². The van der Waals surface area contributed by atoms with Gasteiger partial charge in [0, 0.05) is 29.6 Å². The zero-order chi connectivity index (χ0) is 35.7. The summed E-state index contributed by atoms with van der Waals surface area (Å²) in [6.07, 6.45) is -2.99. The molecule has 18 heteroatoms. The number of fused-ring (bicyclic) bond motifs is 5. The van der Waals surface area contributed by atoms with Crippen molar-refractivity contribution >= 4 is 36.4 Å². The highest BCUT2D eigenvalue weighted by Crippen LogP contribution is 2.55. The van der Waals surface area contributed by atoms with E-state index in [4.69, 9.17) is 23.5 Å². The van der Waals surface area contributed by atoms with Crippen LogP contribution in [0.2, 0.25) is 0 Å². The number of anilines is 1. The molecule has 0 radical (unpaired) electrons. The van der Waals surface area contributed by atoms with E-state index >= 15 is 8.78 Å².